The molecule has 0 amide bonds. The molecule has 0 spiro atoms. The van der Waals surface area contributed by atoms with Gasteiger partial charge < -0.3 is 9.88 Å². The highest BCUT2D eigenvalue weighted by atomic mass is 79.9. The highest BCUT2D eigenvalue weighted by molar-refractivity contribution is 9.10. The molecule has 0 saturated heterocycles. The molecule has 2 aromatic rings. The highest BCUT2D eigenvalue weighted by Gasteiger charge is 2.19. The number of nitrogens with one attached hydrogen (secondary N) is 1. The maximum Gasteiger partial charge on any atom is 0.0481 e. The van der Waals surface area contributed by atoms with Crippen LogP contribution < -0.4 is 5.32 Å². The Kier molecular flexibility index (Phi) is 3.71. The van der Waals surface area contributed by atoms with Gasteiger partial charge in [-0.1, -0.05) is 15.9 Å². The van der Waals surface area contributed by atoms with Crippen LogP contribution in [0.2, 0.25) is 0 Å². The Morgan fingerprint density at radius 2 is 2.11 bits per heavy atom. The number of unbranched alkanes of at least 4 members (excludes halogenated alkanes) is 1. The molecular weight excluding hydrogens is 288 g/mol. The lowest BCUT2D eigenvalue weighted by molar-refractivity contribution is 0.575. The summed E-state index contributed by atoms with van der Waals surface area (Å²) in [6.07, 6.45) is 7.49. The Hall–Kier alpha value is -0.800. The van der Waals surface area contributed by atoms with Crippen LogP contribution in [0.3, 0.4) is 0 Å². The van der Waals surface area contributed by atoms with Gasteiger partial charge in [0.2, 0.25) is 0 Å². The summed E-state index contributed by atoms with van der Waals surface area (Å²) in [5.74, 6) is 0. The molecule has 96 valence electrons. The van der Waals surface area contributed by atoms with E-state index in [1.54, 1.807) is 0 Å². The number of fused-ring (bicyclic) bond motifs is 1. The molecule has 3 rings (SSSR count). The Labute approximate surface area is 116 Å². The first-order valence-electron chi connectivity index (χ1n) is 6.81. The molecule has 0 unspecified atom stereocenters. The fourth-order valence-corrected chi connectivity index (χ4v) is 2.75. The molecule has 1 heterocycles. The van der Waals surface area contributed by atoms with Crippen molar-refractivity contribution in [3.05, 3.63) is 34.9 Å². The quantitative estimate of drug-likeness (QED) is 0.800. The molecule has 0 bridgehead atoms. The molecule has 3 heteroatoms. The zero-order valence-electron chi connectivity index (χ0n) is 10.5. The molecule has 2 nitrogen and oxygen atoms in total. The standard InChI is InChI=1S/C15H19BrN2/c16-13-3-6-15-12(11-13)7-10-18(15)9-2-1-8-17-14-4-5-14/h3,6-7,10-11,14,17H,1-2,4-5,8-9H2. The van der Waals surface area contributed by atoms with Crippen LogP contribution in [-0.4, -0.2) is 17.2 Å². The summed E-state index contributed by atoms with van der Waals surface area (Å²) in [5, 5.41) is 4.89. The van der Waals surface area contributed by atoms with Crippen LogP contribution in [0.15, 0.2) is 34.9 Å². The summed E-state index contributed by atoms with van der Waals surface area (Å²) < 4.78 is 3.51. The van der Waals surface area contributed by atoms with E-state index in [0.717, 1.165) is 17.1 Å². The van der Waals surface area contributed by atoms with Gasteiger partial charge in [0, 0.05) is 34.2 Å². The number of halogens is 1. The number of benzene rings is 1. The van der Waals surface area contributed by atoms with Crippen molar-refractivity contribution in [3.8, 4) is 0 Å². The number of hydrogen-bond donors (Lipinski definition) is 1. The summed E-state index contributed by atoms with van der Waals surface area (Å²) in [5.41, 5.74) is 1.34. The van der Waals surface area contributed by atoms with Crippen molar-refractivity contribution < 1.29 is 0 Å². The van der Waals surface area contributed by atoms with Crippen LogP contribution in [0, 0.1) is 0 Å². The van der Waals surface area contributed by atoms with Gasteiger partial charge in [-0.2, -0.15) is 0 Å². The van der Waals surface area contributed by atoms with Gasteiger partial charge >= 0.3 is 0 Å². The Balaban J connectivity index is 1.53. The van der Waals surface area contributed by atoms with Crippen LogP contribution in [0.4, 0.5) is 0 Å². The van der Waals surface area contributed by atoms with Crippen molar-refractivity contribution in [1.82, 2.24) is 9.88 Å². The average molecular weight is 307 g/mol. The van der Waals surface area contributed by atoms with Crippen molar-refractivity contribution >= 4 is 26.8 Å². The molecule has 1 saturated carbocycles. The molecule has 1 N–H and O–H groups in total. The van der Waals surface area contributed by atoms with Gasteiger partial charge in [0.1, 0.15) is 0 Å². The van der Waals surface area contributed by atoms with Gasteiger partial charge in [-0.15, -0.1) is 0 Å². The molecule has 1 aliphatic carbocycles. The van der Waals surface area contributed by atoms with E-state index in [-0.39, 0.29) is 0 Å². The number of rotatable bonds is 6. The summed E-state index contributed by atoms with van der Waals surface area (Å²) in [6, 6.07) is 9.54. The smallest absolute Gasteiger partial charge is 0.0481 e. The van der Waals surface area contributed by atoms with Crippen molar-refractivity contribution in [3.63, 3.8) is 0 Å². The Morgan fingerprint density at radius 1 is 1.22 bits per heavy atom. The molecule has 1 aromatic carbocycles. The van der Waals surface area contributed by atoms with Gasteiger partial charge in [0.25, 0.3) is 0 Å². The summed E-state index contributed by atoms with van der Waals surface area (Å²) in [7, 11) is 0. The maximum absolute atomic E-state index is 3.57. The molecule has 1 aromatic heterocycles. The first-order valence-corrected chi connectivity index (χ1v) is 7.60. The van der Waals surface area contributed by atoms with Gasteiger partial charge in [0.15, 0.2) is 0 Å². The minimum Gasteiger partial charge on any atom is -0.347 e. The van der Waals surface area contributed by atoms with Crippen molar-refractivity contribution in [2.45, 2.75) is 38.3 Å². The van der Waals surface area contributed by atoms with Crippen LogP contribution in [0.25, 0.3) is 10.9 Å². The lowest BCUT2D eigenvalue weighted by atomic mass is 10.2. The van der Waals surface area contributed by atoms with Gasteiger partial charge in [-0.25, -0.2) is 0 Å². The largest absolute Gasteiger partial charge is 0.347 e. The van der Waals surface area contributed by atoms with E-state index >= 15 is 0 Å². The average Bonchev–Trinajstić information content (AvgIpc) is 3.10. The van der Waals surface area contributed by atoms with Crippen molar-refractivity contribution in [2.75, 3.05) is 6.54 Å². The molecular formula is C15H19BrN2. The molecule has 1 fully saturated rings. The Morgan fingerprint density at radius 3 is 2.94 bits per heavy atom. The fourth-order valence-electron chi connectivity index (χ4n) is 2.37. The minimum absolute atomic E-state index is 0.842. The first kappa shape index (κ1) is 12.2. The van der Waals surface area contributed by atoms with E-state index in [9.17, 15) is 0 Å². The van der Waals surface area contributed by atoms with Gasteiger partial charge in [-0.3, -0.25) is 0 Å². The highest BCUT2D eigenvalue weighted by Crippen LogP contribution is 2.21. The molecule has 18 heavy (non-hydrogen) atoms. The second-order valence-corrected chi connectivity index (χ2v) is 6.06. The number of hydrogen-bond acceptors (Lipinski definition) is 1. The van der Waals surface area contributed by atoms with Crippen LogP contribution in [0.1, 0.15) is 25.7 Å². The van der Waals surface area contributed by atoms with Crippen molar-refractivity contribution in [2.24, 2.45) is 0 Å². The third-order valence-electron chi connectivity index (χ3n) is 3.57. The van der Waals surface area contributed by atoms with E-state index < -0.39 is 0 Å². The molecule has 1 aliphatic rings. The minimum atomic E-state index is 0.842. The molecule has 0 atom stereocenters. The lowest BCUT2D eigenvalue weighted by Gasteiger charge is -2.06. The van der Waals surface area contributed by atoms with Crippen LogP contribution >= 0.6 is 15.9 Å². The number of aryl methyl sites for hydroxylation is 1. The molecule has 0 aliphatic heterocycles. The van der Waals surface area contributed by atoms with Gasteiger partial charge in [0.05, 0.1) is 0 Å². The summed E-state index contributed by atoms with van der Waals surface area (Å²) in [6.45, 7) is 2.30. The normalized spacial score (nSPS) is 15.4. The van der Waals surface area contributed by atoms with Gasteiger partial charge in [-0.05, 0) is 56.5 Å². The van der Waals surface area contributed by atoms with E-state index in [1.807, 2.05) is 0 Å². The van der Waals surface area contributed by atoms with Crippen LogP contribution in [0.5, 0.6) is 0 Å². The number of nitrogens with zero attached hydrogens (tertiary/aromatic N) is 1. The first-order chi connectivity index (χ1) is 8.83. The van der Waals surface area contributed by atoms with E-state index in [2.05, 4.69) is 56.3 Å². The predicted molar refractivity (Wildman–Crippen MR) is 79.9 cm³/mol. The number of aromatic nitrogens is 1. The van der Waals surface area contributed by atoms with Crippen LogP contribution in [-0.2, 0) is 6.54 Å². The second kappa shape index (κ2) is 5.45. The lowest BCUT2D eigenvalue weighted by Crippen LogP contribution is -2.17. The summed E-state index contributed by atoms with van der Waals surface area (Å²) in [4.78, 5) is 0. The van der Waals surface area contributed by atoms with E-state index in [1.165, 1.54) is 43.1 Å². The second-order valence-electron chi connectivity index (χ2n) is 5.15. The zero-order valence-corrected chi connectivity index (χ0v) is 12.1. The monoisotopic (exact) mass is 306 g/mol. The van der Waals surface area contributed by atoms with E-state index in [0.29, 0.717) is 0 Å². The van der Waals surface area contributed by atoms with Crippen molar-refractivity contribution in [1.29, 1.82) is 0 Å². The van der Waals surface area contributed by atoms with E-state index in [4.69, 9.17) is 0 Å². The predicted octanol–water partition coefficient (Wildman–Crippen LogP) is 3.94. The Bertz CT molecular complexity index is 528. The molecule has 0 radical (unpaired) electrons. The topological polar surface area (TPSA) is 17.0 Å². The SMILES string of the molecule is Brc1ccc2c(ccn2CCCCNC2CC2)c1. The zero-order chi connectivity index (χ0) is 12.4. The maximum atomic E-state index is 3.57. The fraction of sp³-hybridized carbons (Fsp3) is 0.467. The third kappa shape index (κ3) is 2.96. The third-order valence-corrected chi connectivity index (χ3v) is 4.06. The summed E-state index contributed by atoms with van der Waals surface area (Å²) >= 11 is 3.52.